The van der Waals surface area contributed by atoms with Gasteiger partial charge in [-0.2, -0.15) is 0 Å². The molecule has 3 aromatic rings. The number of hydrogen-bond donors (Lipinski definition) is 1. The van der Waals surface area contributed by atoms with Gasteiger partial charge in [0, 0.05) is 38.4 Å². The van der Waals surface area contributed by atoms with Gasteiger partial charge < -0.3 is 10.2 Å². The summed E-state index contributed by atoms with van der Waals surface area (Å²) in [4.78, 5) is 21.6. The molecular formula is C23H24N4O. The number of nitrogens with zero attached hydrogens (tertiary/aromatic N) is 3. The number of carbonyl (C=O) groups excluding carboxylic acids is 1. The summed E-state index contributed by atoms with van der Waals surface area (Å²) < 4.78 is 0. The van der Waals surface area contributed by atoms with E-state index in [2.05, 4.69) is 44.4 Å². The molecule has 0 saturated carbocycles. The number of benzene rings is 2. The minimum Gasteiger partial charge on any atom is -0.348 e. The first-order valence-electron chi connectivity index (χ1n) is 9.47. The van der Waals surface area contributed by atoms with Gasteiger partial charge in [-0.05, 0) is 17.2 Å². The zero-order valence-corrected chi connectivity index (χ0v) is 16.0. The van der Waals surface area contributed by atoms with E-state index in [1.165, 1.54) is 5.56 Å². The molecule has 1 aromatic heterocycles. The number of aromatic nitrogens is 1. The lowest BCUT2D eigenvalue weighted by Gasteiger charge is -2.35. The Hall–Kier alpha value is -3.18. The van der Waals surface area contributed by atoms with Crippen LogP contribution in [0.5, 0.6) is 0 Å². The van der Waals surface area contributed by atoms with E-state index in [9.17, 15) is 4.79 Å². The van der Waals surface area contributed by atoms with Crippen molar-refractivity contribution in [3.63, 3.8) is 0 Å². The minimum atomic E-state index is -0.0954. The predicted molar refractivity (Wildman–Crippen MR) is 111 cm³/mol. The lowest BCUT2D eigenvalue weighted by atomic mass is 10.1. The summed E-state index contributed by atoms with van der Waals surface area (Å²) in [5, 5.41) is 2.98. The summed E-state index contributed by atoms with van der Waals surface area (Å²) in [5.74, 6) is 0.853. The Morgan fingerprint density at radius 2 is 1.71 bits per heavy atom. The van der Waals surface area contributed by atoms with Crippen LogP contribution in [-0.4, -0.2) is 29.5 Å². The van der Waals surface area contributed by atoms with Gasteiger partial charge in [0.05, 0.1) is 12.2 Å². The molecule has 0 spiro atoms. The van der Waals surface area contributed by atoms with Crippen LogP contribution in [0.2, 0.25) is 0 Å². The Bertz CT molecular complexity index is 943. The van der Waals surface area contributed by atoms with E-state index in [0.29, 0.717) is 12.1 Å². The summed E-state index contributed by atoms with van der Waals surface area (Å²) in [6.07, 6.45) is 1.67. The molecule has 5 nitrogen and oxygen atoms in total. The molecule has 5 heteroatoms. The third kappa shape index (κ3) is 4.21. The maximum atomic E-state index is 12.6. The number of rotatable bonds is 5. The topological polar surface area (TPSA) is 48.5 Å². The molecule has 4 rings (SSSR count). The smallest absolute Gasteiger partial charge is 0.253 e. The molecule has 0 fully saturated rings. The van der Waals surface area contributed by atoms with Crippen LogP contribution >= 0.6 is 0 Å². The molecule has 0 bridgehead atoms. The Morgan fingerprint density at radius 3 is 2.43 bits per heavy atom. The molecule has 1 amide bonds. The van der Waals surface area contributed by atoms with Gasteiger partial charge in [0.25, 0.3) is 5.91 Å². The molecule has 0 aliphatic carbocycles. The van der Waals surface area contributed by atoms with Crippen molar-refractivity contribution in [1.29, 1.82) is 0 Å². The summed E-state index contributed by atoms with van der Waals surface area (Å²) in [5.41, 5.74) is 4.04. The van der Waals surface area contributed by atoms with Crippen molar-refractivity contribution in [2.75, 3.05) is 18.6 Å². The number of hydrogen-bond acceptors (Lipinski definition) is 4. The number of carbonyl (C=O) groups is 1. The van der Waals surface area contributed by atoms with Crippen LogP contribution in [0, 0.1) is 0 Å². The van der Waals surface area contributed by atoms with E-state index in [1.807, 2.05) is 49.5 Å². The number of fused-ring (bicyclic) bond motifs is 1. The second kappa shape index (κ2) is 8.23. The fourth-order valence-electron chi connectivity index (χ4n) is 3.57. The van der Waals surface area contributed by atoms with E-state index in [-0.39, 0.29) is 5.91 Å². The SMILES string of the molecule is CN1CN(Cc2ccccc2)Cc2cc(C(=O)NCc3ccccc3)cnc21. The van der Waals surface area contributed by atoms with Crippen LogP contribution in [-0.2, 0) is 19.6 Å². The molecule has 142 valence electrons. The van der Waals surface area contributed by atoms with Crippen LogP contribution in [0.4, 0.5) is 5.82 Å². The molecule has 1 aliphatic rings. The van der Waals surface area contributed by atoms with E-state index < -0.39 is 0 Å². The van der Waals surface area contributed by atoms with Gasteiger partial charge >= 0.3 is 0 Å². The third-order valence-electron chi connectivity index (χ3n) is 4.92. The first-order valence-corrected chi connectivity index (χ1v) is 9.47. The Labute approximate surface area is 165 Å². The molecule has 28 heavy (non-hydrogen) atoms. The summed E-state index contributed by atoms with van der Waals surface area (Å²) in [7, 11) is 2.04. The van der Waals surface area contributed by atoms with E-state index in [0.717, 1.165) is 36.7 Å². The molecule has 0 unspecified atom stereocenters. The van der Waals surface area contributed by atoms with Gasteiger partial charge in [-0.3, -0.25) is 9.69 Å². The van der Waals surface area contributed by atoms with Crippen LogP contribution in [0.3, 0.4) is 0 Å². The second-order valence-corrected chi connectivity index (χ2v) is 7.19. The highest BCUT2D eigenvalue weighted by atomic mass is 16.1. The van der Waals surface area contributed by atoms with E-state index in [4.69, 9.17) is 0 Å². The highest BCUT2D eigenvalue weighted by Crippen LogP contribution is 2.25. The molecular weight excluding hydrogens is 348 g/mol. The number of pyridine rings is 1. The van der Waals surface area contributed by atoms with E-state index >= 15 is 0 Å². The van der Waals surface area contributed by atoms with Crippen LogP contribution in [0.1, 0.15) is 27.0 Å². The fourth-order valence-corrected chi connectivity index (χ4v) is 3.57. The normalized spacial score (nSPS) is 13.8. The summed E-state index contributed by atoms with van der Waals surface area (Å²) >= 11 is 0. The minimum absolute atomic E-state index is 0.0954. The Balaban J connectivity index is 1.46. The van der Waals surface area contributed by atoms with Crippen molar-refractivity contribution in [2.45, 2.75) is 19.6 Å². The monoisotopic (exact) mass is 372 g/mol. The average Bonchev–Trinajstić information content (AvgIpc) is 2.73. The lowest BCUT2D eigenvalue weighted by Crippen LogP contribution is -2.40. The molecule has 1 aliphatic heterocycles. The van der Waals surface area contributed by atoms with Gasteiger partial charge in [-0.25, -0.2) is 4.98 Å². The third-order valence-corrected chi connectivity index (χ3v) is 4.92. The van der Waals surface area contributed by atoms with Crippen LogP contribution in [0.25, 0.3) is 0 Å². The molecule has 2 heterocycles. The fraction of sp³-hybridized carbons (Fsp3) is 0.217. The Morgan fingerprint density at radius 1 is 1.04 bits per heavy atom. The van der Waals surface area contributed by atoms with Crippen molar-refractivity contribution < 1.29 is 4.79 Å². The molecule has 0 saturated heterocycles. The largest absolute Gasteiger partial charge is 0.348 e. The standard InChI is InChI=1S/C23H24N4O/c1-26-17-27(15-19-10-6-3-7-11-19)16-21-12-20(14-24-22(21)26)23(28)25-13-18-8-4-2-5-9-18/h2-12,14H,13,15-17H2,1H3,(H,25,28). The van der Waals surface area contributed by atoms with Crippen molar-refractivity contribution in [2.24, 2.45) is 0 Å². The van der Waals surface area contributed by atoms with Crippen molar-refractivity contribution >= 4 is 11.7 Å². The van der Waals surface area contributed by atoms with Crippen LogP contribution in [0.15, 0.2) is 72.9 Å². The summed E-state index contributed by atoms with van der Waals surface area (Å²) in [6.45, 7) is 2.97. The molecule has 0 atom stereocenters. The number of nitrogens with one attached hydrogen (secondary N) is 1. The van der Waals surface area contributed by atoms with Gasteiger partial charge in [0.15, 0.2) is 0 Å². The average molecular weight is 372 g/mol. The zero-order valence-electron chi connectivity index (χ0n) is 16.0. The molecule has 1 N–H and O–H groups in total. The first-order chi connectivity index (χ1) is 13.7. The quantitative estimate of drug-likeness (QED) is 0.746. The number of anilines is 1. The van der Waals surface area contributed by atoms with Crippen LogP contribution < -0.4 is 10.2 Å². The van der Waals surface area contributed by atoms with E-state index in [1.54, 1.807) is 6.20 Å². The molecule has 0 radical (unpaired) electrons. The van der Waals surface area contributed by atoms with Gasteiger partial charge in [0.1, 0.15) is 5.82 Å². The zero-order chi connectivity index (χ0) is 19.3. The highest BCUT2D eigenvalue weighted by molar-refractivity contribution is 5.94. The highest BCUT2D eigenvalue weighted by Gasteiger charge is 2.22. The lowest BCUT2D eigenvalue weighted by molar-refractivity contribution is 0.0950. The predicted octanol–water partition coefficient (Wildman–Crippen LogP) is 3.42. The number of amides is 1. The Kier molecular flexibility index (Phi) is 5.35. The van der Waals surface area contributed by atoms with Crippen molar-refractivity contribution in [3.8, 4) is 0 Å². The first kappa shape index (κ1) is 18.2. The van der Waals surface area contributed by atoms with Crippen molar-refractivity contribution in [3.05, 3.63) is 95.2 Å². The second-order valence-electron chi connectivity index (χ2n) is 7.19. The van der Waals surface area contributed by atoms with Gasteiger partial charge in [0.2, 0.25) is 0 Å². The maximum Gasteiger partial charge on any atom is 0.253 e. The van der Waals surface area contributed by atoms with Gasteiger partial charge in [-0.1, -0.05) is 60.7 Å². The van der Waals surface area contributed by atoms with Crippen molar-refractivity contribution in [1.82, 2.24) is 15.2 Å². The molecule has 2 aromatic carbocycles. The maximum absolute atomic E-state index is 12.6. The van der Waals surface area contributed by atoms with Gasteiger partial charge in [-0.15, -0.1) is 0 Å². The summed E-state index contributed by atoms with van der Waals surface area (Å²) in [6, 6.07) is 22.3.